The molecule has 2 aromatic carbocycles. The molecule has 2 nitrogen and oxygen atoms in total. The van der Waals surface area contributed by atoms with Crippen LogP contribution in [0.2, 0.25) is 0 Å². The van der Waals surface area contributed by atoms with Gasteiger partial charge < -0.3 is 0 Å². The van der Waals surface area contributed by atoms with Gasteiger partial charge in [0.15, 0.2) is 0 Å². The van der Waals surface area contributed by atoms with E-state index >= 15 is 0 Å². The summed E-state index contributed by atoms with van der Waals surface area (Å²) in [6.45, 7) is 9.15. The number of benzene rings is 2. The van der Waals surface area contributed by atoms with Crippen molar-refractivity contribution in [1.82, 2.24) is 0 Å². The van der Waals surface area contributed by atoms with E-state index < -0.39 is 0 Å². The van der Waals surface area contributed by atoms with Crippen molar-refractivity contribution >= 4 is 22.8 Å². The summed E-state index contributed by atoms with van der Waals surface area (Å²) in [6, 6.07) is 17.5. The Labute approximate surface area is 389 Å². The Kier molecular flexibility index (Phi) is 39.5. The van der Waals surface area contributed by atoms with E-state index in [9.17, 15) is 0 Å². The van der Waals surface area contributed by atoms with Crippen molar-refractivity contribution in [1.29, 1.82) is 0 Å². The van der Waals surface area contributed by atoms with Crippen LogP contribution >= 0.6 is 0 Å². The third kappa shape index (κ3) is 31.0. The maximum atomic E-state index is 5.43. The van der Waals surface area contributed by atoms with E-state index in [0.717, 1.165) is 99.8 Å². The SMILES string of the molecule is CCCCCCCCCCCCCCC#CCCc1ccccc1N=C(CCCC)C(CCCC)=Nc1ccccc1CCC#CCCCCCCCCCCCCCC.[Ni]. The van der Waals surface area contributed by atoms with E-state index in [-0.39, 0.29) is 16.5 Å². The summed E-state index contributed by atoms with van der Waals surface area (Å²) in [4.78, 5) is 10.9. The molecule has 0 spiro atoms. The summed E-state index contributed by atoms with van der Waals surface area (Å²) in [6.07, 6.45) is 45.5. The molecule has 0 fully saturated rings. The molecule has 2 aromatic rings. The van der Waals surface area contributed by atoms with Gasteiger partial charge in [-0.3, -0.25) is 9.98 Å². The van der Waals surface area contributed by atoms with Crippen LogP contribution in [0.5, 0.6) is 0 Å². The maximum Gasteiger partial charge on any atom is 0.0666 e. The van der Waals surface area contributed by atoms with E-state index in [1.54, 1.807) is 0 Å². The fraction of sp³-hybridized carbons (Fsp3) is 0.690. The van der Waals surface area contributed by atoms with Crippen LogP contribution in [-0.2, 0) is 29.3 Å². The summed E-state index contributed by atoms with van der Waals surface area (Å²) in [5.74, 6) is 14.0. The van der Waals surface area contributed by atoms with Crippen molar-refractivity contribution in [3.8, 4) is 23.7 Å². The van der Waals surface area contributed by atoms with E-state index in [1.165, 1.54) is 165 Å². The Morgan fingerprint density at radius 2 is 0.623 bits per heavy atom. The number of aliphatic imine (C=N–C) groups is 2. The first kappa shape index (κ1) is 56.4. The Hall–Kier alpha value is -2.61. The van der Waals surface area contributed by atoms with Crippen molar-refractivity contribution in [3.63, 3.8) is 0 Å². The van der Waals surface area contributed by atoms with Gasteiger partial charge in [0.1, 0.15) is 0 Å². The van der Waals surface area contributed by atoms with Crippen molar-refractivity contribution in [2.24, 2.45) is 9.98 Å². The Morgan fingerprint density at radius 3 is 0.951 bits per heavy atom. The van der Waals surface area contributed by atoms with Gasteiger partial charge in [0.05, 0.1) is 22.8 Å². The first-order valence-electron chi connectivity index (χ1n) is 26.0. The monoisotopic (exact) mass is 875 g/mol. The van der Waals surface area contributed by atoms with Crippen LogP contribution in [0, 0.1) is 23.7 Å². The second kappa shape index (κ2) is 42.7. The average Bonchev–Trinajstić information content (AvgIpc) is 3.27. The fourth-order valence-electron chi connectivity index (χ4n) is 8.03. The molecule has 0 aliphatic carbocycles. The minimum Gasteiger partial charge on any atom is -0.251 e. The van der Waals surface area contributed by atoms with Gasteiger partial charge in [0, 0.05) is 42.2 Å². The van der Waals surface area contributed by atoms with E-state index in [1.807, 2.05) is 0 Å². The molecule has 0 bridgehead atoms. The zero-order valence-corrected chi connectivity index (χ0v) is 41.3. The van der Waals surface area contributed by atoms with Crippen LogP contribution in [0.1, 0.15) is 257 Å². The largest absolute Gasteiger partial charge is 0.251 e. The van der Waals surface area contributed by atoms with Crippen molar-refractivity contribution in [3.05, 3.63) is 59.7 Å². The van der Waals surface area contributed by atoms with Gasteiger partial charge >= 0.3 is 0 Å². The zero-order chi connectivity index (χ0) is 42.8. The van der Waals surface area contributed by atoms with Gasteiger partial charge in [-0.1, -0.05) is 218 Å². The minimum atomic E-state index is 0. The molecule has 0 aromatic heterocycles. The second-order valence-corrected chi connectivity index (χ2v) is 17.6. The predicted molar refractivity (Wildman–Crippen MR) is 270 cm³/mol. The van der Waals surface area contributed by atoms with Gasteiger partial charge in [-0.25, -0.2) is 0 Å². The number of para-hydroxylation sites is 2. The van der Waals surface area contributed by atoms with Crippen LogP contribution in [0.4, 0.5) is 11.4 Å². The first-order valence-corrected chi connectivity index (χ1v) is 26.0. The van der Waals surface area contributed by atoms with E-state index in [4.69, 9.17) is 9.98 Å². The maximum absolute atomic E-state index is 5.43. The molecule has 344 valence electrons. The summed E-state index contributed by atoms with van der Waals surface area (Å²) in [5.41, 5.74) is 7.09. The second-order valence-electron chi connectivity index (χ2n) is 17.6. The van der Waals surface area contributed by atoms with Crippen LogP contribution in [-0.4, -0.2) is 11.4 Å². The molecular weight excluding hydrogens is 783 g/mol. The third-order valence-electron chi connectivity index (χ3n) is 12.0. The molecule has 0 unspecified atom stereocenters. The quantitative estimate of drug-likeness (QED) is 0.0280. The first-order chi connectivity index (χ1) is 29.7. The molecule has 3 heteroatoms. The number of nitrogens with zero attached hydrogens (tertiary/aromatic N) is 2. The summed E-state index contributed by atoms with van der Waals surface area (Å²) in [7, 11) is 0. The number of rotatable bonds is 37. The summed E-state index contributed by atoms with van der Waals surface area (Å²) >= 11 is 0. The number of hydrogen-bond acceptors (Lipinski definition) is 2. The Bertz CT molecular complexity index is 1380. The topological polar surface area (TPSA) is 24.7 Å². The van der Waals surface area contributed by atoms with Crippen molar-refractivity contribution in [2.45, 2.75) is 259 Å². The number of hydrogen-bond donors (Lipinski definition) is 0. The number of unbranched alkanes of at least 4 members (excludes halogenated alkanes) is 26. The van der Waals surface area contributed by atoms with Crippen LogP contribution in [0.25, 0.3) is 0 Å². The molecule has 2 rings (SSSR count). The average molecular weight is 876 g/mol. The Balaban J connectivity index is 0.0000186. The molecule has 0 aliphatic heterocycles. The van der Waals surface area contributed by atoms with E-state index in [2.05, 4.69) is 99.9 Å². The smallest absolute Gasteiger partial charge is 0.0666 e. The fourth-order valence-corrected chi connectivity index (χ4v) is 8.03. The van der Waals surface area contributed by atoms with Crippen LogP contribution in [0.3, 0.4) is 0 Å². The predicted octanol–water partition coefficient (Wildman–Crippen LogP) is 19.0. The van der Waals surface area contributed by atoms with Gasteiger partial charge in [0.25, 0.3) is 0 Å². The molecule has 0 N–H and O–H groups in total. The molecule has 61 heavy (non-hydrogen) atoms. The molecule has 0 amide bonds. The molecule has 0 heterocycles. The standard InChI is InChI=1S/C58H92N2.Ni/c1-5-9-13-15-17-19-21-23-25-27-29-31-33-35-37-39-45-53-47-41-43-51-55(53)59-57(49-11-7-3)58(50-12-8-4)60-56-52-44-42-48-54(56)46-40-38-36-34-32-30-28-26-24-22-20-18-16-14-10-6-2;/h41-44,47-48,51-52H,5-34,39-40,45-46,49-50H2,1-4H3;. The van der Waals surface area contributed by atoms with Crippen LogP contribution in [0.15, 0.2) is 58.5 Å². The van der Waals surface area contributed by atoms with E-state index in [0.29, 0.717) is 0 Å². The molecule has 0 saturated heterocycles. The summed E-state index contributed by atoms with van der Waals surface area (Å²) < 4.78 is 0. The van der Waals surface area contributed by atoms with Crippen molar-refractivity contribution < 1.29 is 16.5 Å². The van der Waals surface area contributed by atoms with Gasteiger partial charge in [0.2, 0.25) is 0 Å². The van der Waals surface area contributed by atoms with Crippen molar-refractivity contribution in [2.75, 3.05) is 0 Å². The molecule has 0 radical (unpaired) electrons. The van der Waals surface area contributed by atoms with Gasteiger partial charge in [-0.2, -0.15) is 0 Å². The molecular formula is C58H92N2Ni. The third-order valence-corrected chi connectivity index (χ3v) is 12.0. The number of aryl methyl sites for hydroxylation is 2. The summed E-state index contributed by atoms with van der Waals surface area (Å²) in [5, 5.41) is 0. The zero-order valence-electron chi connectivity index (χ0n) is 40.3. The van der Waals surface area contributed by atoms with Crippen LogP contribution < -0.4 is 0 Å². The normalized spacial score (nSPS) is 11.5. The Morgan fingerprint density at radius 1 is 0.344 bits per heavy atom. The minimum absolute atomic E-state index is 0. The van der Waals surface area contributed by atoms with Gasteiger partial charge in [-0.05, 0) is 74.6 Å². The molecule has 0 atom stereocenters. The molecule has 0 aliphatic rings. The molecule has 0 saturated carbocycles. The van der Waals surface area contributed by atoms with Gasteiger partial charge in [-0.15, -0.1) is 23.7 Å².